The Kier molecular flexibility index (Phi) is 8.63. The van der Waals surface area contributed by atoms with Crippen molar-refractivity contribution in [3.8, 4) is 5.75 Å². The maximum absolute atomic E-state index is 11.9. The third kappa shape index (κ3) is 5.78. The molecule has 0 bridgehead atoms. The number of rotatable bonds is 10. The van der Waals surface area contributed by atoms with E-state index in [1.165, 1.54) is 26.2 Å². The molecule has 15 heteroatoms. The van der Waals surface area contributed by atoms with Gasteiger partial charge in [0.05, 0.1) is 31.7 Å². The van der Waals surface area contributed by atoms with Gasteiger partial charge in [-0.15, -0.1) is 0 Å². The molecular weight excluding hydrogens is 564 g/mol. The predicted octanol–water partition coefficient (Wildman–Crippen LogP) is -1.66. The van der Waals surface area contributed by atoms with E-state index in [9.17, 15) is 40.5 Å². The summed E-state index contributed by atoms with van der Waals surface area (Å²) in [6.45, 7) is 0.923. The first kappa shape index (κ1) is 30.8. The van der Waals surface area contributed by atoms with Gasteiger partial charge in [0.25, 0.3) is 0 Å². The number of aliphatic hydroxyl groups excluding tert-OH is 6. The summed E-state index contributed by atoms with van der Waals surface area (Å²) in [5, 5.41) is 73.2. The first-order valence-corrected chi connectivity index (χ1v) is 13.2. The van der Waals surface area contributed by atoms with Crippen LogP contribution in [0.2, 0.25) is 0 Å². The van der Waals surface area contributed by atoms with Crippen LogP contribution in [0.25, 0.3) is 21.9 Å². The fourth-order valence-corrected chi connectivity index (χ4v) is 4.75. The number of ether oxygens (including phenoxy) is 5. The first-order valence-electron chi connectivity index (χ1n) is 13.2. The summed E-state index contributed by atoms with van der Waals surface area (Å²) < 4.78 is 38.7. The molecular formula is C27H34O15. The monoisotopic (exact) mass is 598 g/mol. The molecule has 1 aromatic carbocycles. The molecule has 9 atom stereocenters. The van der Waals surface area contributed by atoms with Crippen LogP contribution in [0.3, 0.4) is 0 Å². The molecule has 2 aromatic heterocycles. The van der Waals surface area contributed by atoms with Crippen LogP contribution >= 0.6 is 0 Å². The van der Waals surface area contributed by atoms with E-state index in [1.807, 2.05) is 0 Å². The normalized spacial score (nSPS) is 32.9. The highest BCUT2D eigenvalue weighted by atomic mass is 16.7. The summed E-state index contributed by atoms with van der Waals surface area (Å²) in [7, 11) is 0. The second kappa shape index (κ2) is 11.8. The van der Waals surface area contributed by atoms with Crippen molar-refractivity contribution in [2.24, 2.45) is 0 Å². The van der Waals surface area contributed by atoms with E-state index in [1.54, 1.807) is 18.2 Å². The molecule has 7 N–H and O–H groups in total. The third-order valence-corrected chi connectivity index (χ3v) is 7.56. The summed E-state index contributed by atoms with van der Waals surface area (Å²) in [4.78, 5) is 11.9. The van der Waals surface area contributed by atoms with Crippen LogP contribution in [0.4, 0.5) is 0 Å². The fraction of sp³-hybridized carbons (Fsp3) is 0.593. The van der Waals surface area contributed by atoms with Gasteiger partial charge in [0.15, 0.2) is 23.7 Å². The lowest BCUT2D eigenvalue weighted by atomic mass is 9.97. The van der Waals surface area contributed by atoms with Crippen LogP contribution < -0.4 is 10.4 Å². The van der Waals surface area contributed by atoms with Crippen molar-refractivity contribution in [3.63, 3.8) is 0 Å². The molecule has 0 saturated carbocycles. The molecule has 0 amide bonds. The zero-order valence-corrected chi connectivity index (χ0v) is 22.7. The summed E-state index contributed by atoms with van der Waals surface area (Å²) in [5.74, 6) is 0.0918. The molecule has 0 unspecified atom stereocenters. The number of benzene rings is 1. The van der Waals surface area contributed by atoms with Crippen molar-refractivity contribution < 1.29 is 68.3 Å². The molecule has 5 rings (SSSR count). The Morgan fingerprint density at radius 1 is 1.05 bits per heavy atom. The van der Waals surface area contributed by atoms with Gasteiger partial charge in [0.2, 0.25) is 5.75 Å². The van der Waals surface area contributed by atoms with E-state index in [2.05, 4.69) is 0 Å². The van der Waals surface area contributed by atoms with E-state index in [0.29, 0.717) is 16.4 Å². The molecule has 0 radical (unpaired) electrons. The fourth-order valence-electron chi connectivity index (χ4n) is 4.75. The van der Waals surface area contributed by atoms with Crippen LogP contribution in [0.1, 0.15) is 13.8 Å². The average Bonchev–Trinajstić information content (AvgIpc) is 3.54. The molecule has 4 heterocycles. The molecule has 0 aliphatic carbocycles. The maximum Gasteiger partial charge on any atom is 0.336 e. The number of hydrogen-bond donors (Lipinski definition) is 7. The molecule has 2 aliphatic heterocycles. The SMILES string of the molecule is CC(C)(O[C@@H]1O[C@H](CO[C@@H]2OC[C@](O)(CO)[C@H]2O)[C@@H](O)[C@H](O)[C@H]1O)[C@@H](O)COc1c2occc2cc2ccc(=O)oc12. The second-order valence-electron chi connectivity index (χ2n) is 11.0. The van der Waals surface area contributed by atoms with Gasteiger partial charge in [-0.1, -0.05) is 0 Å². The average molecular weight is 599 g/mol. The lowest BCUT2D eigenvalue weighted by molar-refractivity contribution is -0.337. The molecule has 3 aromatic rings. The Bertz CT molecular complexity index is 1430. The molecule has 2 saturated heterocycles. The van der Waals surface area contributed by atoms with Gasteiger partial charge in [-0.25, -0.2) is 4.79 Å². The maximum atomic E-state index is 11.9. The van der Waals surface area contributed by atoms with Crippen LogP contribution in [0.5, 0.6) is 5.75 Å². The summed E-state index contributed by atoms with van der Waals surface area (Å²) in [6.07, 6.45) is -10.9. The molecule has 0 spiro atoms. The van der Waals surface area contributed by atoms with Crippen LogP contribution in [-0.4, -0.2) is 123 Å². The van der Waals surface area contributed by atoms with Gasteiger partial charge in [-0.3, -0.25) is 0 Å². The highest BCUT2D eigenvalue weighted by Crippen LogP contribution is 2.36. The van der Waals surface area contributed by atoms with Crippen LogP contribution in [0.15, 0.2) is 44.2 Å². The topological polar surface area (TPSA) is 231 Å². The van der Waals surface area contributed by atoms with Crippen molar-refractivity contribution in [2.75, 3.05) is 26.4 Å². The predicted molar refractivity (Wildman–Crippen MR) is 139 cm³/mol. The zero-order valence-electron chi connectivity index (χ0n) is 22.7. The Labute approximate surface area is 238 Å². The lowest BCUT2D eigenvalue weighted by Gasteiger charge is -2.44. The zero-order chi connectivity index (χ0) is 30.4. The Balaban J connectivity index is 1.25. The molecule has 232 valence electrons. The Morgan fingerprint density at radius 3 is 2.50 bits per heavy atom. The standard InChI is InChI=1S/C27H34O15/c1-26(2,15(29)9-37-22-20-13(5-6-36-20)7-12-3-4-16(30)41-21(12)22)42-24-19(33)18(32)17(31)14(40-24)8-38-25-23(34)27(35,10-28)11-39-25/h3-7,14-15,17-19,23-25,28-29,31-35H,8-11H2,1-2H3/t14-,15+,17-,18+,19-,23+,24+,25-,27-/m1/s1. The highest BCUT2D eigenvalue weighted by Gasteiger charge is 2.51. The third-order valence-electron chi connectivity index (χ3n) is 7.56. The molecule has 2 aliphatic rings. The summed E-state index contributed by atoms with van der Waals surface area (Å²) in [6, 6.07) is 6.28. The van der Waals surface area contributed by atoms with E-state index < -0.39 is 85.9 Å². The van der Waals surface area contributed by atoms with Crippen molar-refractivity contribution >= 4 is 21.9 Å². The number of hydrogen-bond acceptors (Lipinski definition) is 15. The minimum atomic E-state index is -1.93. The van der Waals surface area contributed by atoms with Gasteiger partial charge >= 0.3 is 5.63 Å². The minimum Gasteiger partial charge on any atom is -0.483 e. The van der Waals surface area contributed by atoms with Gasteiger partial charge in [-0.2, -0.15) is 0 Å². The van der Waals surface area contributed by atoms with Gasteiger partial charge in [0.1, 0.15) is 48.8 Å². The van der Waals surface area contributed by atoms with Crippen LogP contribution in [-0.2, 0) is 18.9 Å². The minimum absolute atomic E-state index is 0.0918. The van der Waals surface area contributed by atoms with Gasteiger partial charge in [0, 0.05) is 16.8 Å². The van der Waals surface area contributed by atoms with E-state index >= 15 is 0 Å². The smallest absolute Gasteiger partial charge is 0.336 e. The van der Waals surface area contributed by atoms with Crippen LogP contribution in [0, 0.1) is 0 Å². The van der Waals surface area contributed by atoms with E-state index in [0.717, 1.165) is 0 Å². The summed E-state index contributed by atoms with van der Waals surface area (Å²) >= 11 is 0. The van der Waals surface area contributed by atoms with E-state index in [4.69, 9.17) is 32.5 Å². The van der Waals surface area contributed by atoms with E-state index in [-0.39, 0.29) is 17.9 Å². The molecule has 2 fully saturated rings. The van der Waals surface area contributed by atoms with Crippen molar-refractivity contribution in [1.82, 2.24) is 0 Å². The number of aliphatic hydroxyl groups is 7. The number of fused-ring (bicyclic) bond motifs is 2. The lowest BCUT2D eigenvalue weighted by Crippen LogP contribution is -2.62. The second-order valence-corrected chi connectivity index (χ2v) is 11.0. The largest absolute Gasteiger partial charge is 0.483 e. The Hall–Kier alpha value is -2.67. The first-order chi connectivity index (χ1) is 19.8. The van der Waals surface area contributed by atoms with Gasteiger partial charge in [-0.05, 0) is 32.0 Å². The van der Waals surface area contributed by atoms with Crippen molar-refractivity contribution in [2.45, 2.75) is 74.3 Å². The van der Waals surface area contributed by atoms with Crippen molar-refractivity contribution in [3.05, 3.63) is 40.9 Å². The highest BCUT2D eigenvalue weighted by molar-refractivity contribution is 5.99. The number of furan rings is 1. The van der Waals surface area contributed by atoms with Gasteiger partial charge < -0.3 is 68.3 Å². The van der Waals surface area contributed by atoms with Crippen molar-refractivity contribution in [1.29, 1.82) is 0 Å². The summed E-state index contributed by atoms with van der Waals surface area (Å²) in [5.41, 5.74) is -3.60. The molecule has 15 nitrogen and oxygen atoms in total. The quantitative estimate of drug-likeness (QED) is 0.129. The molecule has 42 heavy (non-hydrogen) atoms. The Morgan fingerprint density at radius 2 is 1.79 bits per heavy atom.